The van der Waals surface area contributed by atoms with Gasteiger partial charge in [-0.2, -0.15) is 5.10 Å². The first-order chi connectivity index (χ1) is 9.70. The molecule has 0 bridgehead atoms. The summed E-state index contributed by atoms with van der Waals surface area (Å²) in [6, 6.07) is 2.86. The van der Waals surface area contributed by atoms with Crippen LogP contribution in [0.5, 0.6) is 0 Å². The molecule has 1 unspecified atom stereocenters. The Morgan fingerprint density at radius 1 is 1.25 bits per heavy atom. The summed E-state index contributed by atoms with van der Waals surface area (Å²) in [7, 11) is 2.07. The fourth-order valence-corrected chi connectivity index (χ4v) is 3.64. The number of aryl methyl sites for hydroxylation is 2. The predicted octanol–water partition coefficient (Wildman–Crippen LogP) is 3.61. The summed E-state index contributed by atoms with van der Waals surface area (Å²) in [6.07, 6.45) is 11.0. The molecule has 1 aliphatic rings. The van der Waals surface area contributed by atoms with Crippen molar-refractivity contribution >= 4 is 0 Å². The Kier molecular flexibility index (Phi) is 6.08. The van der Waals surface area contributed by atoms with E-state index in [2.05, 4.69) is 42.1 Å². The summed E-state index contributed by atoms with van der Waals surface area (Å²) in [6.45, 7) is 5.38. The van der Waals surface area contributed by atoms with Gasteiger partial charge in [0.05, 0.1) is 5.69 Å². The monoisotopic (exact) mass is 277 g/mol. The molecule has 0 spiro atoms. The minimum absolute atomic E-state index is 0.618. The summed E-state index contributed by atoms with van der Waals surface area (Å²) in [4.78, 5) is 0. The summed E-state index contributed by atoms with van der Waals surface area (Å²) in [5, 5.41) is 8.24. The zero-order valence-electron chi connectivity index (χ0n) is 13.5. The Morgan fingerprint density at radius 2 is 1.90 bits per heavy atom. The highest BCUT2D eigenvalue weighted by Crippen LogP contribution is 2.26. The lowest BCUT2D eigenvalue weighted by Crippen LogP contribution is -2.38. The first-order valence-corrected chi connectivity index (χ1v) is 8.43. The molecule has 0 aromatic carbocycles. The van der Waals surface area contributed by atoms with E-state index in [0.717, 1.165) is 24.6 Å². The van der Waals surface area contributed by atoms with E-state index in [0.29, 0.717) is 6.04 Å². The predicted molar refractivity (Wildman–Crippen MR) is 84.9 cm³/mol. The van der Waals surface area contributed by atoms with Crippen molar-refractivity contribution in [2.45, 2.75) is 71.3 Å². The van der Waals surface area contributed by atoms with Gasteiger partial charge in [-0.05, 0) is 38.3 Å². The van der Waals surface area contributed by atoms with Gasteiger partial charge in [0.2, 0.25) is 0 Å². The smallest absolute Gasteiger partial charge is 0.0596 e. The lowest BCUT2D eigenvalue weighted by atomic mass is 9.84. The highest BCUT2D eigenvalue weighted by atomic mass is 15.3. The number of hydrogen-bond acceptors (Lipinski definition) is 2. The first kappa shape index (κ1) is 15.6. The number of hydrogen-bond donors (Lipinski definition) is 1. The molecule has 20 heavy (non-hydrogen) atoms. The maximum absolute atomic E-state index is 4.49. The van der Waals surface area contributed by atoms with Crippen LogP contribution in [0.3, 0.4) is 0 Å². The third kappa shape index (κ3) is 4.34. The van der Waals surface area contributed by atoms with E-state index in [1.165, 1.54) is 50.6 Å². The van der Waals surface area contributed by atoms with Crippen molar-refractivity contribution in [3.05, 3.63) is 17.5 Å². The van der Waals surface area contributed by atoms with E-state index >= 15 is 0 Å². The molecule has 3 heteroatoms. The van der Waals surface area contributed by atoms with Crippen LogP contribution in [0.1, 0.15) is 63.3 Å². The van der Waals surface area contributed by atoms with E-state index < -0.39 is 0 Å². The zero-order valence-corrected chi connectivity index (χ0v) is 13.5. The lowest BCUT2D eigenvalue weighted by molar-refractivity contribution is 0.283. The van der Waals surface area contributed by atoms with Crippen molar-refractivity contribution in [1.82, 2.24) is 15.1 Å². The average Bonchev–Trinajstić information content (AvgIpc) is 2.67. The lowest BCUT2D eigenvalue weighted by Gasteiger charge is -2.29. The van der Waals surface area contributed by atoms with E-state index in [4.69, 9.17) is 0 Å². The summed E-state index contributed by atoms with van der Waals surface area (Å²) in [5.41, 5.74) is 2.51. The van der Waals surface area contributed by atoms with Crippen LogP contribution in [0, 0.1) is 12.8 Å². The minimum atomic E-state index is 0.618. The largest absolute Gasteiger partial charge is 0.314 e. The van der Waals surface area contributed by atoms with Gasteiger partial charge in [0.1, 0.15) is 0 Å². The maximum atomic E-state index is 4.49. The van der Waals surface area contributed by atoms with Crippen LogP contribution in [0.25, 0.3) is 0 Å². The highest BCUT2D eigenvalue weighted by Gasteiger charge is 2.22. The van der Waals surface area contributed by atoms with Crippen molar-refractivity contribution in [2.24, 2.45) is 13.0 Å². The van der Waals surface area contributed by atoms with Crippen molar-refractivity contribution in [3.63, 3.8) is 0 Å². The Balaban J connectivity index is 2.02. The molecule has 1 aromatic heterocycles. The van der Waals surface area contributed by atoms with Crippen LogP contribution in [0.4, 0.5) is 0 Å². The molecule has 0 radical (unpaired) electrons. The molecule has 0 amide bonds. The second-order valence-electron chi connectivity index (χ2n) is 6.37. The van der Waals surface area contributed by atoms with Crippen LogP contribution in [0.15, 0.2) is 6.07 Å². The van der Waals surface area contributed by atoms with Crippen molar-refractivity contribution < 1.29 is 0 Å². The standard InChI is InChI=1S/C17H31N3/c1-4-18-17(13-16-12-14(2)19-20(16)3)15-10-8-6-5-7-9-11-15/h12,15,17-18H,4-11,13H2,1-3H3. The molecule has 0 aliphatic heterocycles. The van der Waals surface area contributed by atoms with Gasteiger partial charge in [-0.15, -0.1) is 0 Å². The normalized spacial score (nSPS) is 19.6. The van der Waals surface area contributed by atoms with Crippen molar-refractivity contribution in [3.8, 4) is 0 Å². The van der Waals surface area contributed by atoms with Crippen LogP contribution in [-0.2, 0) is 13.5 Å². The molecule has 1 saturated carbocycles. The Morgan fingerprint density at radius 3 is 2.45 bits per heavy atom. The third-order valence-electron chi connectivity index (χ3n) is 4.71. The number of likely N-dealkylation sites (N-methyl/N-ethyl adjacent to an activating group) is 1. The fraction of sp³-hybridized carbons (Fsp3) is 0.824. The van der Waals surface area contributed by atoms with E-state index in [9.17, 15) is 0 Å². The third-order valence-corrected chi connectivity index (χ3v) is 4.71. The number of nitrogens with zero attached hydrogens (tertiary/aromatic N) is 2. The molecule has 2 rings (SSSR count). The molecule has 114 valence electrons. The molecule has 1 heterocycles. The van der Waals surface area contributed by atoms with Gasteiger partial charge in [-0.1, -0.05) is 39.0 Å². The van der Waals surface area contributed by atoms with E-state index in [1.54, 1.807) is 0 Å². The number of nitrogens with one attached hydrogen (secondary N) is 1. The SMILES string of the molecule is CCNC(Cc1cc(C)nn1C)C1CCCCCCC1. The second-order valence-corrected chi connectivity index (χ2v) is 6.37. The average molecular weight is 277 g/mol. The second kappa shape index (κ2) is 7.82. The van der Waals surface area contributed by atoms with Gasteiger partial charge >= 0.3 is 0 Å². The summed E-state index contributed by atoms with van der Waals surface area (Å²) >= 11 is 0. The van der Waals surface area contributed by atoms with Gasteiger partial charge in [-0.3, -0.25) is 4.68 Å². The van der Waals surface area contributed by atoms with Crippen LogP contribution < -0.4 is 5.32 Å². The molecule has 0 saturated heterocycles. The molecule has 1 aromatic rings. The fourth-order valence-electron chi connectivity index (χ4n) is 3.64. The van der Waals surface area contributed by atoms with Gasteiger partial charge in [-0.25, -0.2) is 0 Å². The maximum Gasteiger partial charge on any atom is 0.0596 e. The topological polar surface area (TPSA) is 29.9 Å². The van der Waals surface area contributed by atoms with Crippen LogP contribution in [-0.4, -0.2) is 22.4 Å². The molecule has 1 N–H and O–H groups in total. The van der Waals surface area contributed by atoms with Gasteiger partial charge in [0.15, 0.2) is 0 Å². The van der Waals surface area contributed by atoms with Crippen LogP contribution >= 0.6 is 0 Å². The van der Waals surface area contributed by atoms with Crippen molar-refractivity contribution in [2.75, 3.05) is 6.54 Å². The molecular weight excluding hydrogens is 246 g/mol. The van der Waals surface area contributed by atoms with Crippen molar-refractivity contribution in [1.29, 1.82) is 0 Å². The van der Waals surface area contributed by atoms with Gasteiger partial charge in [0, 0.05) is 25.2 Å². The van der Waals surface area contributed by atoms with Gasteiger partial charge in [0.25, 0.3) is 0 Å². The molecule has 1 fully saturated rings. The summed E-state index contributed by atoms with van der Waals surface area (Å²) in [5.74, 6) is 0.838. The molecule has 1 aliphatic carbocycles. The zero-order chi connectivity index (χ0) is 14.4. The highest BCUT2D eigenvalue weighted by molar-refractivity contribution is 5.10. The summed E-state index contributed by atoms with van der Waals surface area (Å²) < 4.78 is 2.06. The number of aromatic nitrogens is 2. The molecular formula is C17H31N3. The quantitative estimate of drug-likeness (QED) is 0.891. The van der Waals surface area contributed by atoms with Crippen LogP contribution in [0.2, 0.25) is 0 Å². The molecule has 1 atom stereocenters. The first-order valence-electron chi connectivity index (χ1n) is 8.43. The van der Waals surface area contributed by atoms with E-state index in [-0.39, 0.29) is 0 Å². The van der Waals surface area contributed by atoms with Gasteiger partial charge < -0.3 is 5.32 Å². The number of rotatable bonds is 5. The Hall–Kier alpha value is -0.830. The Labute approximate surface area is 124 Å². The minimum Gasteiger partial charge on any atom is -0.314 e. The molecule has 3 nitrogen and oxygen atoms in total. The van der Waals surface area contributed by atoms with E-state index in [1.807, 2.05) is 0 Å². The Bertz CT molecular complexity index is 389.